The number of nitrogens with one attached hydrogen (secondary N) is 2. The van der Waals surface area contributed by atoms with Crippen LogP contribution in [0.5, 0.6) is 0 Å². The Hall–Kier alpha value is -2.40. The van der Waals surface area contributed by atoms with Gasteiger partial charge < -0.3 is 15.4 Å². The van der Waals surface area contributed by atoms with Crippen molar-refractivity contribution in [2.24, 2.45) is 0 Å². The molecule has 2 heterocycles. The Morgan fingerprint density at radius 2 is 1.88 bits per heavy atom. The van der Waals surface area contributed by atoms with Gasteiger partial charge in [0.1, 0.15) is 11.5 Å². The Bertz CT molecular complexity index is 682. The van der Waals surface area contributed by atoms with Crippen molar-refractivity contribution in [2.45, 2.75) is 18.3 Å². The second-order valence-electron chi connectivity index (χ2n) is 6.10. The Labute approximate surface area is 142 Å². The number of rotatable bonds is 5. The standard InChI is InChI=1S/C19H23N3O2/c1-20-18(23)16-8-5-9-17(22-16)21-14-19(10-12-24-13-11-19)15-6-3-2-4-7-15/h2-9H,10-14H2,1H3,(H,20,23)(H,21,22). The van der Waals surface area contributed by atoms with Crippen molar-refractivity contribution >= 4 is 11.7 Å². The van der Waals surface area contributed by atoms with Gasteiger partial charge in [0.2, 0.25) is 0 Å². The van der Waals surface area contributed by atoms with Gasteiger partial charge in [-0.05, 0) is 30.5 Å². The molecule has 1 aliphatic heterocycles. The van der Waals surface area contributed by atoms with Gasteiger partial charge in [-0.25, -0.2) is 4.98 Å². The Morgan fingerprint density at radius 3 is 2.58 bits per heavy atom. The van der Waals surface area contributed by atoms with Crippen LogP contribution < -0.4 is 10.6 Å². The van der Waals surface area contributed by atoms with E-state index in [2.05, 4.69) is 39.9 Å². The lowest BCUT2D eigenvalue weighted by molar-refractivity contribution is 0.0543. The van der Waals surface area contributed by atoms with E-state index >= 15 is 0 Å². The van der Waals surface area contributed by atoms with E-state index in [0.717, 1.165) is 38.4 Å². The van der Waals surface area contributed by atoms with Crippen LogP contribution in [0.1, 0.15) is 28.9 Å². The van der Waals surface area contributed by atoms with Gasteiger partial charge in [0, 0.05) is 32.2 Å². The van der Waals surface area contributed by atoms with Crippen molar-refractivity contribution in [3.05, 3.63) is 59.8 Å². The number of amides is 1. The smallest absolute Gasteiger partial charge is 0.269 e. The molecular weight excluding hydrogens is 302 g/mol. The number of hydrogen-bond acceptors (Lipinski definition) is 4. The molecule has 1 aliphatic rings. The maximum atomic E-state index is 11.7. The molecule has 0 bridgehead atoms. The first-order valence-corrected chi connectivity index (χ1v) is 8.30. The predicted molar refractivity (Wildman–Crippen MR) is 94.3 cm³/mol. The first kappa shape index (κ1) is 16.5. The number of pyridine rings is 1. The second kappa shape index (κ2) is 7.45. The van der Waals surface area contributed by atoms with Crippen LogP contribution >= 0.6 is 0 Å². The predicted octanol–water partition coefficient (Wildman–Crippen LogP) is 2.60. The van der Waals surface area contributed by atoms with E-state index in [9.17, 15) is 4.79 Å². The SMILES string of the molecule is CNC(=O)c1cccc(NCC2(c3ccccc3)CCOCC2)n1. The molecule has 3 rings (SSSR count). The van der Waals surface area contributed by atoms with Crippen LogP contribution in [0.25, 0.3) is 0 Å². The van der Waals surface area contributed by atoms with Gasteiger partial charge in [0.25, 0.3) is 5.91 Å². The molecule has 1 fully saturated rings. The van der Waals surface area contributed by atoms with E-state index in [4.69, 9.17) is 4.74 Å². The molecule has 24 heavy (non-hydrogen) atoms. The summed E-state index contributed by atoms with van der Waals surface area (Å²) in [5.41, 5.74) is 1.77. The average Bonchev–Trinajstić information content (AvgIpc) is 2.67. The molecule has 0 spiro atoms. The van der Waals surface area contributed by atoms with E-state index in [-0.39, 0.29) is 11.3 Å². The van der Waals surface area contributed by atoms with Gasteiger partial charge in [0.15, 0.2) is 0 Å². The molecule has 1 aromatic carbocycles. The molecule has 1 amide bonds. The summed E-state index contributed by atoms with van der Waals surface area (Å²) in [5.74, 6) is 0.542. The molecule has 0 aliphatic carbocycles. The van der Waals surface area contributed by atoms with Gasteiger partial charge in [-0.2, -0.15) is 0 Å². The maximum Gasteiger partial charge on any atom is 0.269 e. The number of aromatic nitrogens is 1. The van der Waals surface area contributed by atoms with Crippen LogP contribution in [0.3, 0.4) is 0 Å². The zero-order chi connectivity index (χ0) is 16.8. The molecule has 0 saturated carbocycles. The third kappa shape index (κ3) is 3.57. The fraction of sp³-hybridized carbons (Fsp3) is 0.368. The fourth-order valence-corrected chi connectivity index (χ4v) is 3.17. The number of carbonyl (C=O) groups is 1. The molecule has 2 N–H and O–H groups in total. The zero-order valence-corrected chi connectivity index (χ0v) is 13.9. The summed E-state index contributed by atoms with van der Waals surface area (Å²) < 4.78 is 5.57. The third-order valence-electron chi connectivity index (χ3n) is 4.65. The average molecular weight is 325 g/mol. The van der Waals surface area contributed by atoms with Crippen LogP contribution in [0.4, 0.5) is 5.82 Å². The van der Waals surface area contributed by atoms with Crippen LogP contribution in [-0.2, 0) is 10.2 Å². The molecule has 0 unspecified atom stereocenters. The van der Waals surface area contributed by atoms with E-state index < -0.39 is 0 Å². The van der Waals surface area contributed by atoms with Gasteiger partial charge in [-0.1, -0.05) is 36.4 Å². The molecule has 1 aromatic heterocycles. The third-order valence-corrected chi connectivity index (χ3v) is 4.65. The first-order valence-electron chi connectivity index (χ1n) is 8.30. The minimum absolute atomic E-state index is 0.0320. The largest absolute Gasteiger partial charge is 0.381 e. The summed E-state index contributed by atoms with van der Waals surface area (Å²) in [7, 11) is 1.61. The highest BCUT2D eigenvalue weighted by atomic mass is 16.5. The number of hydrogen-bond donors (Lipinski definition) is 2. The minimum atomic E-state index is -0.178. The molecule has 126 valence electrons. The Balaban J connectivity index is 1.78. The van der Waals surface area contributed by atoms with Crippen molar-refractivity contribution < 1.29 is 9.53 Å². The Morgan fingerprint density at radius 1 is 1.12 bits per heavy atom. The zero-order valence-electron chi connectivity index (χ0n) is 13.9. The van der Waals surface area contributed by atoms with Crippen molar-refractivity contribution in [1.29, 1.82) is 0 Å². The highest BCUT2D eigenvalue weighted by Gasteiger charge is 2.34. The molecule has 5 heteroatoms. The highest BCUT2D eigenvalue weighted by Crippen LogP contribution is 2.34. The van der Waals surface area contributed by atoms with Crippen LogP contribution in [0.2, 0.25) is 0 Å². The normalized spacial score (nSPS) is 16.4. The quantitative estimate of drug-likeness (QED) is 0.887. The van der Waals surface area contributed by atoms with E-state index in [1.165, 1.54) is 5.56 Å². The van der Waals surface area contributed by atoms with Crippen LogP contribution in [0, 0.1) is 0 Å². The van der Waals surface area contributed by atoms with Crippen molar-refractivity contribution in [3.63, 3.8) is 0 Å². The lowest BCUT2D eigenvalue weighted by atomic mass is 9.74. The fourth-order valence-electron chi connectivity index (χ4n) is 3.17. The second-order valence-corrected chi connectivity index (χ2v) is 6.10. The molecule has 0 radical (unpaired) electrons. The van der Waals surface area contributed by atoms with Crippen LogP contribution in [0.15, 0.2) is 48.5 Å². The highest BCUT2D eigenvalue weighted by molar-refractivity contribution is 5.92. The summed E-state index contributed by atoms with van der Waals surface area (Å²) in [4.78, 5) is 16.1. The van der Waals surface area contributed by atoms with Gasteiger partial charge in [0.05, 0.1) is 0 Å². The van der Waals surface area contributed by atoms with Gasteiger partial charge >= 0.3 is 0 Å². The summed E-state index contributed by atoms with van der Waals surface area (Å²) >= 11 is 0. The summed E-state index contributed by atoms with van der Waals surface area (Å²) in [6.07, 6.45) is 1.94. The number of ether oxygens (including phenoxy) is 1. The van der Waals surface area contributed by atoms with E-state index in [1.807, 2.05) is 18.2 Å². The summed E-state index contributed by atoms with van der Waals surface area (Å²) in [5, 5.41) is 6.03. The van der Waals surface area contributed by atoms with Gasteiger partial charge in [-0.3, -0.25) is 4.79 Å². The molecule has 1 saturated heterocycles. The molecule has 0 atom stereocenters. The number of anilines is 1. The van der Waals surface area contributed by atoms with E-state index in [1.54, 1.807) is 13.1 Å². The van der Waals surface area contributed by atoms with Crippen molar-refractivity contribution in [2.75, 3.05) is 32.1 Å². The lowest BCUT2D eigenvalue weighted by Gasteiger charge is -2.38. The van der Waals surface area contributed by atoms with Crippen LogP contribution in [-0.4, -0.2) is 37.7 Å². The van der Waals surface area contributed by atoms with E-state index in [0.29, 0.717) is 5.69 Å². The summed E-state index contributed by atoms with van der Waals surface area (Å²) in [6.45, 7) is 2.30. The minimum Gasteiger partial charge on any atom is -0.381 e. The Kier molecular flexibility index (Phi) is 5.11. The topological polar surface area (TPSA) is 63.2 Å². The molecular formula is C19H23N3O2. The first-order chi connectivity index (χ1) is 11.7. The summed E-state index contributed by atoms with van der Waals surface area (Å²) in [6, 6.07) is 16.0. The maximum absolute atomic E-state index is 11.7. The molecule has 2 aromatic rings. The van der Waals surface area contributed by atoms with Gasteiger partial charge in [-0.15, -0.1) is 0 Å². The molecule has 5 nitrogen and oxygen atoms in total. The number of nitrogens with zero attached hydrogens (tertiary/aromatic N) is 1. The lowest BCUT2D eigenvalue weighted by Crippen LogP contribution is -2.40. The van der Waals surface area contributed by atoms with Crippen molar-refractivity contribution in [3.8, 4) is 0 Å². The number of carbonyl (C=O) groups excluding carboxylic acids is 1. The number of benzene rings is 1. The monoisotopic (exact) mass is 325 g/mol. The van der Waals surface area contributed by atoms with Crippen molar-refractivity contribution in [1.82, 2.24) is 10.3 Å².